The van der Waals surface area contributed by atoms with E-state index in [0.717, 1.165) is 50.6 Å². The van der Waals surface area contributed by atoms with Gasteiger partial charge >= 0.3 is 0 Å². The Morgan fingerprint density at radius 2 is 1.92 bits per heavy atom. The number of piperazine rings is 1. The lowest BCUT2D eigenvalue weighted by molar-refractivity contribution is -0.122. The monoisotopic (exact) mass is 337 g/mol. The Morgan fingerprint density at radius 3 is 2.46 bits per heavy atom. The van der Waals surface area contributed by atoms with Gasteiger partial charge in [0, 0.05) is 44.7 Å². The first-order chi connectivity index (χ1) is 11.3. The van der Waals surface area contributed by atoms with E-state index in [9.17, 15) is 9.90 Å². The van der Waals surface area contributed by atoms with E-state index in [4.69, 9.17) is 4.42 Å². The van der Waals surface area contributed by atoms with Gasteiger partial charge in [-0.3, -0.25) is 4.79 Å². The number of aryl methyl sites for hydroxylation is 2. The number of likely N-dealkylation sites (N-methyl/N-ethyl adjacent to an activating group) is 1. The number of hydrogen-bond donors (Lipinski definition) is 2. The summed E-state index contributed by atoms with van der Waals surface area (Å²) in [6.07, 6.45) is 0.464. The zero-order valence-corrected chi connectivity index (χ0v) is 15.4. The van der Waals surface area contributed by atoms with Crippen LogP contribution >= 0.6 is 0 Å². The molecule has 1 aromatic rings. The van der Waals surface area contributed by atoms with Crippen molar-refractivity contribution in [3.05, 3.63) is 23.2 Å². The van der Waals surface area contributed by atoms with Crippen molar-refractivity contribution in [2.24, 2.45) is 0 Å². The van der Waals surface area contributed by atoms with E-state index in [-0.39, 0.29) is 12.5 Å². The zero-order valence-electron chi connectivity index (χ0n) is 15.4. The largest absolute Gasteiger partial charge is 0.466 e. The standard InChI is InChI=1S/C18H31N3O3/c1-5-20-8-10-21(11-9-20)7-6-17(22)19-13-18(4,23)16-12-14(2)24-15(16)3/h12,23H,5-11,13H2,1-4H3,(H,19,22). The number of carbonyl (C=O) groups is 1. The van der Waals surface area contributed by atoms with Crippen LogP contribution in [0.5, 0.6) is 0 Å². The number of nitrogens with one attached hydrogen (secondary N) is 1. The predicted octanol–water partition coefficient (Wildman–Crippen LogP) is 1.25. The lowest BCUT2D eigenvalue weighted by atomic mass is 9.96. The van der Waals surface area contributed by atoms with E-state index < -0.39 is 5.60 Å². The van der Waals surface area contributed by atoms with E-state index in [2.05, 4.69) is 22.0 Å². The summed E-state index contributed by atoms with van der Waals surface area (Å²) < 4.78 is 5.47. The van der Waals surface area contributed by atoms with E-state index in [1.807, 2.05) is 19.9 Å². The van der Waals surface area contributed by atoms with Crippen LogP contribution in [0, 0.1) is 13.8 Å². The molecule has 1 fully saturated rings. The Hall–Kier alpha value is -1.37. The molecule has 24 heavy (non-hydrogen) atoms. The van der Waals surface area contributed by atoms with Crippen molar-refractivity contribution >= 4 is 5.91 Å². The van der Waals surface area contributed by atoms with Crippen molar-refractivity contribution in [2.45, 2.75) is 39.7 Å². The maximum Gasteiger partial charge on any atom is 0.221 e. The highest BCUT2D eigenvalue weighted by molar-refractivity contribution is 5.76. The number of amides is 1. The Morgan fingerprint density at radius 1 is 1.29 bits per heavy atom. The first kappa shape index (κ1) is 19.0. The average molecular weight is 337 g/mol. The van der Waals surface area contributed by atoms with Crippen molar-refractivity contribution in [2.75, 3.05) is 45.8 Å². The number of carbonyl (C=O) groups excluding carboxylic acids is 1. The van der Waals surface area contributed by atoms with Crippen LogP contribution in [0.4, 0.5) is 0 Å². The quantitative estimate of drug-likeness (QED) is 0.784. The minimum atomic E-state index is -1.12. The lowest BCUT2D eigenvalue weighted by Crippen LogP contribution is -2.47. The molecule has 1 aliphatic rings. The van der Waals surface area contributed by atoms with Gasteiger partial charge in [-0.1, -0.05) is 6.92 Å². The number of aliphatic hydroxyl groups is 1. The molecular formula is C18H31N3O3. The third-order valence-electron chi connectivity index (χ3n) is 4.82. The molecule has 6 heteroatoms. The topological polar surface area (TPSA) is 69.0 Å². The zero-order chi connectivity index (χ0) is 17.7. The Balaban J connectivity index is 1.74. The molecule has 2 N–H and O–H groups in total. The van der Waals surface area contributed by atoms with E-state index in [1.165, 1.54) is 0 Å². The van der Waals surface area contributed by atoms with Crippen LogP contribution in [0.25, 0.3) is 0 Å². The summed E-state index contributed by atoms with van der Waals surface area (Å²) in [5, 5.41) is 13.5. The van der Waals surface area contributed by atoms with Gasteiger partial charge in [-0.25, -0.2) is 0 Å². The summed E-state index contributed by atoms with van der Waals surface area (Å²) in [5.74, 6) is 1.44. The molecule has 2 rings (SSSR count). The molecule has 0 aromatic carbocycles. The molecule has 0 bridgehead atoms. The molecule has 2 heterocycles. The molecule has 1 atom stereocenters. The lowest BCUT2D eigenvalue weighted by Gasteiger charge is -2.33. The SMILES string of the molecule is CCN1CCN(CCC(=O)NCC(C)(O)c2cc(C)oc2C)CC1. The Bertz CT molecular complexity index is 546. The molecule has 0 radical (unpaired) electrons. The number of nitrogens with zero attached hydrogens (tertiary/aromatic N) is 2. The fraction of sp³-hybridized carbons (Fsp3) is 0.722. The summed E-state index contributed by atoms with van der Waals surface area (Å²) in [6.45, 7) is 13.8. The fourth-order valence-electron chi connectivity index (χ4n) is 3.21. The maximum absolute atomic E-state index is 12.1. The summed E-state index contributed by atoms with van der Waals surface area (Å²) >= 11 is 0. The van der Waals surface area contributed by atoms with Crippen LogP contribution in [0.1, 0.15) is 37.4 Å². The van der Waals surface area contributed by atoms with Crippen LogP contribution in [0.2, 0.25) is 0 Å². The Labute approximate surface area is 144 Å². The van der Waals surface area contributed by atoms with Crippen molar-refractivity contribution in [1.82, 2.24) is 15.1 Å². The van der Waals surface area contributed by atoms with Crippen LogP contribution < -0.4 is 5.32 Å². The number of hydrogen-bond acceptors (Lipinski definition) is 5. The smallest absolute Gasteiger partial charge is 0.221 e. The van der Waals surface area contributed by atoms with Gasteiger partial charge in [0.2, 0.25) is 5.91 Å². The highest BCUT2D eigenvalue weighted by atomic mass is 16.3. The minimum absolute atomic E-state index is 0.0222. The third kappa shape index (κ3) is 5.06. The molecule has 0 saturated carbocycles. The third-order valence-corrected chi connectivity index (χ3v) is 4.82. The molecule has 0 spiro atoms. The highest BCUT2D eigenvalue weighted by Crippen LogP contribution is 2.26. The normalized spacial score (nSPS) is 19.2. The molecule has 0 aliphatic carbocycles. The van der Waals surface area contributed by atoms with Gasteiger partial charge in [0.05, 0.1) is 6.54 Å². The van der Waals surface area contributed by atoms with Gasteiger partial charge in [-0.2, -0.15) is 0 Å². The fourth-order valence-corrected chi connectivity index (χ4v) is 3.21. The number of rotatable bonds is 7. The second-order valence-electron chi connectivity index (χ2n) is 6.90. The Kier molecular flexibility index (Phi) is 6.43. The average Bonchev–Trinajstić information content (AvgIpc) is 2.91. The first-order valence-electron chi connectivity index (χ1n) is 8.83. The number of furan rings is 1. The molecule has 1 saturated heterocycles. The van der Waals surface area contributed by atoms with Crippen LogP contribution in [0.15, 0.2) is 10.5 Å². The van der Waals surface area contributed by atoms with Crippen molar-refractivity contribution < 1.29 is 14.3 Å². The van der Waals surface area contributed by atoms with Gasteiger partial charge in [-0.15, -0.1) is 0 Å². The summed E-state index contributed by atoms with van der Waals surface area (Å²) in [6, 6.07) is 1.83. The van der Waals surface area contributed by atoms with Crippen molar-refractivity contribution in [1.29, 1.82) is 0 Å². The van der Waals surface area contributed by atoms with Gasteiger partial charge in [-0.05, 0) is 33.4 Å². The van der Waals surface area contributed by atoms with E-state index in [0.29, 0.717) is 12.2 Å². The molecule has 1 amide bonds. The second-order valence-corrected chi connectivity index (χ2v) is 6.90. The molecule has 1 unspecified atom stereocenters. The molecule has 1 aliphatic heterocycles. The van der Waals surface area contributed by atoms with Gasteiger partial charge in [0.1, 0.15) is 17.1 Å². The van der Waals surface area contributed by atoms with Gasteiger partial charge in [0.15, 0.2) is 0 Å². The van der Waals surface area contributed by atoms with Crippen molar-refractivity contribution in [3.63, 3.8) is 0 Å². The van der Waals surface area contributed by atoms with E-state index in [1.54, 1.807) is 6.92 Å². The summed E-state index contributed by atoms with van der Waals surface area (Å²) in [4.78, 5) is 16.8. The van der Waals surface area contributed by atoms with Crippen LogP contribution in [-0.2, 0) is 10.4 Å². The van der Waals surface area contributed by atoms with Crippen LogP contribution in [-0.4, -0.2) is 66.6 Å². The molecule has 1 aromatic heterocycles. The molecule has 136 valence electrons. The van der Waals surface area contributed by atoms with E-state index >= 15 is 0 Å². The van der Waals surface area contributed by atoms with Crippen LogP contribution in [0.3, 0.4) is 0 Å². The first-order valence-corrected chi connectivity index (χ1v) is 8.83. The highest BCUT2D eigenvalue weighted by Gasteiger charge is 2.28. The van der Waals surface area contributed by atoms with Gasteiger partial charge in [0.25, 0.3) is 0 Å². The molecular weight excluding hydrogens is 306 g/mol. The maximum atomic E-state index is 12.1. The van der Waals surface area contributed by atoms with Gasteiger partial charge < -0.3 is 24.6 Å². The molecule has 6 nitrogen and oxygen atoms in total. The second kappa shape index (κ2) is 8.14. The summed E-state index contributed by atoms with van der Waals surface area (Å²) in [5.41, 5.74) is -0.388. The minimum Gasteiger partial charge on any atom is -0.466 e. The summed E-state index contributed by atoms with van der Waals surface area (Å²) in [7, 11) is 0. The van der Waals surface area contributed by atoms with Crippen molar-refractivity contribution in [3.8, 4) is 0 Å². The predicted molar refractivity (Wildman–Crippen MR) is 93.9 cm³/mol.